The molecule has 0 radical (unpaired) electrons. The van der Waals surface area contributed by atoms with Crippen molar-refractivity contribution in [3.05, 3.63) is 67.8 Å². The van der Waals surface area contributed by atoms with Gasteiger partial charge in [-0.1, -0.05) is 77.2 Å². The van der Waals surface area contributed by atoms with Crippen LogP contribution in [0.4, 0.5) is 40.9 Å². The van der Waals surface area contributed by atoms with E-state index in [1.165, 1.54) is 52.3 Å². The molecule has 26 heteroatoms. The summed E-state index contributed by atoms with van der Waals surface area (Å²) in [6.45, 7) is 7.63. The molecule has 10 rings (SSSR count). The molecule has 2 saturated carbocycles. The fourth-order valence-electron chi connectivity index (χ4n) is 9.40. The molecule has 73 heavy (non-hydrogen) atoms. The molecule has 0 spiro atoms. The fourth-order valence-corrected chi connectivity index (χ4v) is 13.1. The Balaban J connectivity index is 0.000000180. The third-order valence-corrected chi connectivity index (χ3v) is 16.9. The van der Waals surface area contributed by atoms with Crippen LogP contribution >= 0.6 is 45.3 Å². The maximum atomic E-state index is 13.8. The van der Waals surface area contributed by atoms with Crippen molar-refractivity contribution >= 4 is 101 Å². The van der Waals surface area contributed by atoms with Gasteiger partial charge in [-0.05, 0) is 76.6 Å². The Hall–Kier alpha value is -6.12. The summed E-state index contributed by atoms with van der Waals surface area (Å²) >= 11 is 5.64. The van der Waals surface area contributed by atoms with Gasteiger partial charge in [0.1, 0.15) is 43.0 Å². The van der Waals surface area contributed by atoms with E-state index in [1.54, 1.807) is 32.9 Å². The van der Waals surface area contributed by atoms with E-state index in [2.05, 4.69) is 72.0 Å². The van der Waals surface area contributed by atoms with Gasteiger partial charge >= 0.3 is 0 Å². The van der Waals surface area contributed by atoms with Gasteiger partial charge in [0.15, 0.2) is 0 Å². The number of pyridine rings is 2. The normalized spacial score (nSPS) is 20.9. The minimum atomic E-state index is -1.19. The first-order chi connectivity index (χ1) is 35.0. The first-order valence-corrected chi connectivity index (χ1v) is 27.6. The molecular weight excluding hydrogens is 1020 g/mol. The molecule has 2 saturated heterocycles. The summed E-state index contributed by atoms with van der Waals surface area (Å²) in [6, 6.07) is 10.9. The number of hydrogen-bond donors (Lipinski definition) is 4. The second kappa shape index (κ2) is 22.6. The molecule has 386 valence electrons. The van der Waals surface area contributed by atoms with Crippen molar-refractivity contribution in [2.45, 2.75) is 133 Å². The third kappa shape index (κ3) is 13.7. The number of rotatable bonds is 15. The molecule has 0 aromatic carbocycles. The first-order valence-electron chi connectivity index (χ1n) is 24.3. The number of hydrogen-bond acceptors (Lipinski definition) is 20. The summed E-state index contributed by atoms with van der Waals surface area (Å²) in [6.07, 6.45) is 8.46. The number of alkyl halides is 2. The number of anilines is 6. The van der Waals surface area contributed by atoms with Crippen LogP contribution in [-0.2, 0) is 32.0 Å². The highest BCUT2D eigenvalue weighted by atomic mass is 32.1. The molecule has 2 aliphatic heterocycles. The average molecular weight is 1080 g/mol. The van der Waals surface area contributed by atoms with Crippen LogP contribution in [0, 0.1) is 0 Å². The van der Waals surface area contributed by atoms with Crippen LogP contribution in [0.5, 0.6) is 0 Å². The van der Waals surface area contributed by atoms with Crippen LogP contribution in [0.1, 0.15) is 141 Å². The summed E-state index contributed by atoms with van der Waals surface area (Å²) in [5, 5.41) is 50.6. The van der Waals surface area contributed by atoms with E-state index >= 15 is 0 Å². The second-order valence-corrected chi connectivity index (χ2v) is 23.5. The Morgan fingerprint density at radius 2 is 0.890 bits per heavy atom. The van der Waals surface area contributed by atoms with E-state index < -0.39 is 11.3 Å². The first kappa shape index (κ1) is 51.8. The highest BCUT2D eigenvalue weighted by molar-refractivity contribution is 7.16. The molecule has 6 aromatic rings. The molecule has 8 heterocycles. The van der Waals surface area contributed by atoms with Crippen molar-refractivity contribution < 1.29 is 28.0 Å². The fraction of sp³-hybridized carbons (Fsp3) is 0.532. The second-order valence-electron chi connectivity index (χ2n) is 19.4. The van der Waals surface area contributed by atoms with Gasteiger partial charge in [-0.15, -0.1) is 40.8 Å². The lowest BCUT2D eigenvalue weighted by Gasteiger charge is -2.43. The van der Waals surface area contributed by atoms with Gasteiger partial charge in [-0.3, -0.25) is 19.2 Å². The van der Waals surface area contributed by atoms with Gasteiger partial charge in [-0.2, -0.15) is 0 Å². The number of nitrogens with zero attached hydrogens (tertiary/aromatic N) is 12. The zero-order chi connectivity index (χ0) is 51.3. The van der Waals surface area contributed by atoms with E-state index in [0.29, 0.717) is 76.1 Å². The lowest BCUT2D eigenvalue weighted by Crippen LogP contribution is -2.57. The van der Waals surface area contributed by atoms with E-state index in [1.807, 2.05) is 34.1 Å². The monoisotopic (exact) mass is 1070 g/mol. The molecule has 6 aromatic heterocycles. The molecule has 20 nitrogen and oxygen atoms in total. The number of aromatic nitrogens is 10. The Kier molecular flexibility index (Phi) is 16.0. The standard InChI is InChI=1S/C24H29FN8O2S2.C23H27FN8O2S2/c1-3-18(34)27-22-31-29-20(36-22)14-6-4-7-15(10-14)21-30-32-23(37-21)28-19(35)11-16-8-5-9-17(26-16)33-12-24(2,25)13-33;1-13(33)25-21-30-28-19(35-21)14-5-3-6-15(9-14)20-29-31-22(36-20)27-18(34)10-16-7-4-8-17(26-16)32-11-23(2,24)12-32/h5,8-9,14-15H,3-4,6-7,10-13H2,1-2H3,(H,27,31,34)(H,28,32,35);4,7-8,14-15H,3,5-6,9-12H2,1-2H3,(H,25,30,33)(H,27,31,34)/t2*14-,15-/m00/s1. The maximum absolute atomic E-state index is 13.8. The van der Waals surface area contributed by atoms with Crippen molar-refractivity contribution in [2.24, 2.45) is 0 Å². The molecule has 2 aliphatic carbocycles. The molecular formula is C47H56F2N16O4S4. The Bertz CT molecular complexity index is 2910. The molecule has 0 unspecified atom stereocenters. The van der Waals surface area contributed by atoms with Crippen molar-refractivity contribution in [3.63, 3.8) is 0 Å². The van der Waals surface area contributed by atoms with E-state index in [0.717, 1.165) is 71.4 Å². The summed E-state index contributed by atoms with van der Waals surface area (Å²) in [4.78, 5) is 60.9. The SMILES string of the molecule is CC(=O)Nc1nnc([C@H]2CCC[C@H](c3nnc(NC(=O)Cc4cccc(N5CC(C)(F)C5)n4)s3)C2)s1.CCC(=O)Nc1nnc([C@H]2CCC[C@H](c3nnc(NC(=O)Cc4cccc(N5CC(C)(F)C5)n4)s3)C2)s1. The molecule has 4 amide bonds. The average Bonchev–Trinajstić information content (AvgIpc) is 4.20. The number of halogens is 2. The summed E-state index contributed by atoms with van der Waals surface area (Å²) in [5.41, 5.74) is -1.13. The van der Waals surface area contributed by atoms with E-state index in [9.17, 15) is 28.0 Å². The Labute approximate surface area is 436 Å². The third-order valence-electron chi connectivity index (χ3n) is 12.8. The van der Waals surface area contributed by atoms with Crippen LogP contribution in [0.15, 0.2) is 36.4 Å². The molecule has 4 fully saturated rings. The van der Waals surface area contributed by atoms with Crippen LogP contribution in [-0.4, -0.2) is 112 Å². The largest absolute Gasteiger partial charge is 0.350 e. The lowest BCUT2D eigenvalue weighted by molar-refractivity contribution is -0.116. The zero-order valence-electron chi connectivity index (χ0n) is 40.8. The molecule has 4 aliphatic rings. The summed E-state index contributed by atoms with van der Waals surface area (Å²) in [5.74, 6) is 1.66. The number of carbonyl (C=O) groups excluding carboxylic acids is 4. The molecule has 0 bridgehead atoms. The minimum absolute atomic E-state index is 0.0726. The Morgan fingerprint density at radius 1 is 0.548 bits per heavy atom. The predicted octanol–water partition coefficient (Wildman–Crippen LogP) is 8.22. The molecule has 4 N–H and O–H groups in total. The van der Waals surface area contributed by atoms with Crippen molar-refractivity contribution in [3.8, 4) is 0 Å². The van der Waals surface area contributed by atoms with Gasteiger partial charge in [0.2, 0.25) is 44.2 Å². The van der Waals surface area contributed by atoms with Crippen LogP contribution in [0.2, 0.25) is 0 Å². The number of nitrogens with one attached hydrogen (secondary N) is 4. The van der Waals surface area contributed by atoms with Crippen LogP contribution < -0.4 is 31.1 Å². The van der Waals surface area contributed by atoms with E-state index in [-0.39, 0.29) is 60.1 Å². The zero-order valence-corrected chi connectivity index (χ0v) is 44.0. The van der Waals surface area contributed by atoms with Gasteiger partial charge in [0, 0.05) is 37.0 Å². The molecule has 4 atom stereocenters. The van der Waals surface area contributed by atoms with Crippen LogP contribution in [0.3, 0.4) is 0 Å². The topological polar surface area (TPSA) is 252 Å². The lowest BCUT2D eigenvalue weighted by atomic mass is 9.82. The van der Waals surface area contributed by atoms with Gasteiger partial charge < -0.3 is 31.1 Å². The van der Waals surface area contributed by atoms with Crippen LogP contribution in [0.25, 0.3) is 0 Å². The van der Waals surface area contributed by atoms with Crippen molar-refractivity contribution in [1.29, 1.82) is 0 Å². The smallest absolute Gasteiger partial charge is 0.232 e. The quantitative estimate of drug-likeness (QED) is 0.0756. The number of carbonyl (C=O) groups is 4. The van der Waals surface area contributed by atoms with E-state index in [4.69, 9.17) is 0 Å². The Morgan fingerprint density at radius 3 is 1.22 bits per heavy atom. The number of amides is 4. The summed E-state index contributed by atoms with van der Waals surface area (Å²) in [7, 11) is 0. The maximum Gasteiger partial charge on any atom is 0.232 e. The van der Waals surface area contributed by atoms with Gasteiger partial charge in [-0.25, -0.2) is 18.7 Å². The highest BCUT2D eigenvalue weighted by Gasteiger charge is 2.41. The van der Waals surface area contributed by atoms with Gasteiger partial charge in [0.05, 0.1) is 50.4 Å². The highest BCUT2D eigenvalue weighted by Crippen LogP contribution is 2.45. The minimum Gasteiger partial charge on any atom is -0.350 e. The predicted molar refractivity (Wildman–Crippen MR) is 277 cm³/mol. The van der Waals surface area contributed by atoms with Gasteiger partial charge in [0.25, 0.3) is 0 Å². The van der Waals surface area contributed by atoms with Crippen molar-refractivity contribution in [1.82, 2.24) is 50.8 Å². The summed E-state index contributed by atoms with van der Waals surface area (Å²) < 4.78 is 27.6. The van der Waals surface area contributed by atoms with Crippen molar-refractivity contribution in [2.75, 3.05) is 57.2 Å².